The van der Waals surface area contributed by atoms with Crippen molar-refractivity contribution < 1.29 is 18.9 Å². The van der Waals surface area contributed by atoms with Gasteiger partial charge in [-0.15, -0.1) is 0 Å². The van der Waals surface area contributed by atoms with Crippen LogP contribution < -0.4 is 0 Å². The molecule has 5 heteroatoms. The average Bonchev–Trinajstić information content (AvgIpc) is 2.71. The molecule has 0 aliphatic heterocycles. The van der Waals surface area contributed by atoms with Crippen LogP contribution in [0.15, 0.2) is 10.6 Å². The molecule has 104 valence electrons. The normalized spacial score (nSPS) is 13.9. The Kier molecular flexibility index (Phi) is 5.15. The smallest absolute Gasteiger partial charge is 0.154 e. The van der Waals surface area contributed by atoms with Crippen LogP contribution in [0.3, 0.4) is 0 Å². The largest absolute Gasteiger partial charge is 0.360 e. The monoisotopic (exact) mass is 265 g/mol. The van der Waals surface area contributed by atoms with Crippen molar-refractivity contribution >= 4 is 17.3 Å². The molecular weight excluding hydrogens is 246 g/mol. The SMILES string of the molecule is CC(=O)C(C)CCC(=O)C(C(C)=O)c1cc(C)no1. The lowest BCUT2D eigenvalue weighted by Gasteiger charge is -2.11. The highest BCUT2D eigenvalue weighted by Crippen LogP contribution is 2.22. The van der Waals surface area contributed by atoms with E-state index < -0.39 is 5.92 Å². The van der Waals surface area contributed by atoms with E-state index in [4.69, 9.17) is 4.52 Å². The number of Topliss-reactive ketones (excluding diaryl/α,β-unsaturated/α-hetero) is 3. The first-order valence-corrected chi connectivity index (χ1v) is 6.29. The molecule has 0 fully saturated rings. The molecular formula is C14H19NO4. The van der Waals surface area contributed by atoms with E-state index in [1.165, 1.54) is 13.8 Å². The Morgan fingerprint density at radius 2 is 1.89 bits per heavy atom. The molecule has 1 aromatic heterocycles. The standard InChI is InChI=1S/C14H19NO4/c1-8(10(3)16)5-6-12(18)14(11(4)17)13-7-9(2)15-19-13/h7-8,14H,5-6H2,1-4H3. The van der Waals surface area contributed by atoms with Crippen LogP contribution in [0.1, 0.15) is 51.0 Å². The summed E-state index contributed by atoms with van der Waals surface area (Å²) in [6.45, 7) is 6.36. The molecule has 19 heavy (non-hydrogen) atoms. The minimum atomic E-state index is -0.902. The van der Waals surface area contributed by atoms with Gasteiger partial charge in [-0.3, -0.25) is 14.4 Å². The first-order chi connectivity index (χ1) is 8.82. The fraction of sp³-hybridized carbons (Fsp3) is 0.571. The van der Waals surface area contributed by atoms with Crippen LogP contribution in [-0.4, -0.2) is 22.5 Å². The van der Waals surface area contributed by atoms with Crippen molar-refractivity contribution in [2.24, 2.45) is 5.92 Å². The number of aromatic nitrogens is 1. The summed E-state index contributed by atoms with van der Waals surface area (Å²) in [5, 5.41) is 3.69. The number of rotatable bonds is 7. The van der Waals surface area contributed by atoms with Crippen LogP contribution in [-0.2, 0) is 14.4 Å². The summed E-state index contributed by atoms with van der Waals surface area (Å²) in [4.78, 5) is 34.8. The van der Waals surface area contributed by atoms with Crippen LogP contribution in [0.4, 0.5) is 0 Å². The van der Waals surface area contributed by atoms with Crippen LogP contribution in [0.2, 0.25) is 0 Å². The zero-order valence-electron chi connectivity index (χ0n) is 11.7. The summed E-state index contributed by atoms with van der Waals surface area (Å²) in [6.07, 6.45) is 0.635. The van der Waals surface area contributed by atoms with Crippen LogP contribution >= 0.6 is 0 Å². The van der Waals surface area contributed by atoms with Crippen molar-refractivity contribution in [1.82, 2.24) is 5.16 Å². The fourth-order valence-electron chi connectivity index (χ4n) is 1.81. The summed E-state index contributed by atoms with van der Waals surface area (Å²) < 4.78 is 5.00. The third-order valence-electron chi connectivity index (χ3n) is 3.18. The third kappa shape index (κ3) is 4.12. The summed E-state index contributed by atoms with van der Waals surface area (Å²) in [5.74, 6) is -1.24. The minimum Gasteiger partial charge on any atom is -0.360 e. The van der Waals surface area contributed by atoms with E-state index in [2.05, 4.69) is 5.16 Å². The lowest BCUT2D eigenvalue weighted by molar-refractivity contribution is -0.128. The highest BCUT2D eigenvalue weighted by Gasteiger charge is 2.29. The first kappa shape index (κ1) is 15.3. The second-order valence-electron chi connectivity index (χ2n) is 4.93. The lowest BCUT2D eigenvalue weighted by atomic mass is 9.90. The van der Waals surface area contributed by atoms with Gasteiger partial charge < -0.3 is 4.52 Å². The number of aryl methyl sites for hydroxylation is 1. The minimum absolute atomic E-state index is 0.0442. The fourth-order valence-corrected chi connectivity index (χ4v) is 1.81. The summed E-state index contributed by atoms with van der Waals surface area (Å²) >= 11 is 0. The molecule has 2 atom stereocenters. The number of hydrogen-bond acceptors (Lipinski definition) is 5. The second kappa shape index (κ2) is 6.41. The number of hydrogen-bond donors (Lipinski definition) is 0. The maximum atomic E-state index is 12.1. The summed E-state index contributed by atoms with van der Waals surface area (Å²) in [6, 6.07) is 1.60. The second-order valence-corrected chi connectivity index (χ2v) is 4.93. The molecule has 1 aromatic rings. The molecule has 1 rings (SSSR count). The number of carbonyl (C=O) groups excluding carboxylic acids is 3. The zero-order valence-corrected chi connectivity index (χ0v) is 11.7. The van der Waals surface area contributed by atoms with E-state index in [0.29, 0.717) is 12.1 Å². The van der Waals surface area contributed by atoms with Gasteiger partial charge in [-0.05, 0) is 27.2 Å². The van der Waals surface area contributed by atoms with Crippen molar-refractivity contribution in [3.05, 3.63) is 17.5 Å². The quantitative estimate of drug-likeness (QED) is 0.706. The molecule has 0 saturated carbocycles. The maximum Gasteiger partial charge on any atom is 0.154 e. The topological polar surface area (TPSA) is 77.2 Å². The highest BCUT2D eigenvalue weighted by atomic mass is 16.5. The first-order valence-electron chi connectivity index (χ1n) is 6.29. The molecule has 0 aromatic carbocycles. The Balaban J connectivity index is 2.75. The maximum absolute atomic E-state index is 12.1. The Labute approximate surface area is 112 Å². The third-order valence-corrected chi connectivity index (χ3v) is 3.18. The molecule has 5 nitrogen and oxygen atoms in total. The number of ketones is 3. The van der Waals surface area contributed by atoms with E-state index in [1.54, 1.807) is 19.9 Å². The van der Waals surface area contributed by atoms with Gasteiger partial charge in [-0.25, -0.2) is 0 Å². The summed E-state index contributed by atoms with van der Waals surface area (Å²) in [5.41, 5.74) is 0.631. The van der Waals surface area contributed by atoms with Gasteiger partial charge >= 0.3 is 0 Å². The molecule has 0 saturated heterocycles. The van der Waals surface area contributed by atoms with Crippen molar-refractivity contribution in [2.75, 3.05) is 0 Å². The predicted octanol–water partition coefficient (Wildman–Crippen LogP) is 2.23. The van der Waals surface area contributed by atoms with Crippen molar-refractivity contribution in [3.63, 3.8) is 0 Å². The van der Waals surface area contributed by atoms with Crippen molar-refractivity contribution in [2.45, 2.75) is 46.5 Å². The Bertz CT molecular complexity index is 489. The van der Waals surface area contributed by atoms with Gasteiger partial charge in [0.15, 0.2) is 11.5 Å². The van der Waals surface area contributed by atoms with Crippen LogP contribution in [0.5, 0.6) is 0 Å². The zero-order chi connectivity index (χ0) is 14.6. The average molecular weight is 265 g/mol. The predicted molar refractivity (Wildman–Crippen MR) is 68.7 cm³/mol. The molecule has 0 N–H and O–H groups in total. The van der Waals surface area contributed by atoms with E-state index in [9.17, 15) is 14.4 Å². The van der Waals surface area contributed by atoms with Gasteiger partial charge in [0.2, 0.25) is 0 Å². The van der Waals surface area contributed by atoms with Gasteiger partial charge in [0, 0.05) is 18.4 Å². The van der Waals surface area contributed by atoms with Crippen LogP contribution in [0, 0.1) is 12.8 Å². The van der Waals surface area contributed by atoms with Gasteiger partial charge in [0.25, 0.3) is 0 Å². The van der Waals surface area contributed by atoms with Gasteiger partial charge in [-0.1, -0.05) is 12.1 Å². The summed E-state index contributed by atoms with van der Waals surface area (Å²) in [7, 11) is 0. The molecule has 0 radical (unpaired) electrons. The molecule has 0 aliphatic carbocycles. The Hall–Kier alpha value is -1.78. The lowest BCUT2D eigenvalue weighted by Crippen LogP contribution is -2.20. The molecule has 0 bridgehead atoms. The molecule has 2 unspecified atom stereocenters. The Morgan fingerprint density at radius 3 is 2.32 bits per heavy atom. The van der Waals surface area contributed by atoms with Crippen molar-refractivity contribution in [3.8, 4) is 0 Å². The highest BCUT2D eigenvalue weighted by molar-refractivity contribution is 6.06. The van der Waals surface area contributed by atoms with E-state index in [1.807, 2.05) is 0 Å². The number of carbonyl (C=O) groups is 3. The van der Waals surface area contributed by atoms with E-state index in [0.717, 1.165) is 0 Å². The van der Waals surface area contributed by atoms with Crippen LogP contribution in [0.25, 0.3) is 0 Å². The Morgan fingerprint density at radius 1 is 1.26 bits per heavy atom. The molecule has 0 aliphatic rings. The van der Waals surface area contributed by atoms with Gasteiger partial charge in [-0.2, -0.15) is 0 Å². The molecule has 0 amide bonds. The number of nitrogens with zero attached hydrogens (tertiary/aromatic N) is 1. The molecule has 1 heterocycles. The van der Waals surface area contributed by atoms with E-state index >= 15 is 0 Å². The van der Waals surface area contributed by atoms with Gasteiger partial charge in [0.1, 0.15) is 17.5 Å². The van der Waals surface area contributed by atoms with Gasteiger partial charge in [0.05, 0.1) is 5.69 Å². The van der Waals surface area contributed by atoms with E-state index in [-0.39, 0.29) is 35.4 Å². The van der Waals surface area contributed by atoms with Crippen molar-refractivity contribution in [1.29, 1.82) is 0 Å². The molecule has 0 spiro atoms.